The lowest BCUT2D eigenvalue weighted by Crippen LogP contribution is -2.35. The van der Waals surface area contributed by atoms with Crippen LogP contribution in [0.25, 0.3) is 0 Å². The number of hydrogen-bond acceptors (Lipinski definition) is 3. The Labute approximate surface area is 119 Å². The van der Waals surface area contributed by atoms with E-state index in [0.29, 0.717) is 0 Å². The molecular weight excluding hydrogens is 252 g/mol. The van der Waals surface area contributed by atoms with Gasteiger partial charge >= 0.3 is 0 Å². The Hall–Kier alpha value is -2.14. The quantitative estimate of drug-likeness (QED) is 0.920. The fourth-order valence-corrected chi connectivity index (χ4v) is 2.03. The maximum Gasteiger partial charge on any atom is 0.248 e. The Morgan fingerprint density at radius 2 is 2.05 bits per heavy atom. The summed E-state index contributed by atoms with van der Waals surface area (Å²) in [6.07, 6.45) is 4.36. The Morgan fingerprint density at radius 3 is 2.55 bits per heavy atom. The van der Waals surface area contributed by atoms with Crippen LogP contribution in [-0.4, -0.2) is 22.7 Å². The molecule has 0 aliphatic carbocycles. The molecular formula is C15H20N4O. The predicted octanol–water partition coefficient (Wildman–Crippen LogP) is 1.65. The molecule has 0 saturated heterocycles. The first kappa shape index (κ1) is 14.3. The molecule has 20 heavy (non-hydrogen) atoms. The Morgan fingerprint density at radius 1 is 1.40 bits per heavy atom. The first-order valence-corrected chi connectivity index (χ1v) is 6.63. The topological polar surface area (TPSA) is 64.2 Å². The van der Waals surface area contributed by atoms with Crippen molar-refractivity contribution in [3.63, 3.8) is 0 Å². The third kappa shape index (κ3) is 2.88. The maximum absolute atomic E-state index is 12.4. The van der Waals surface area contributed by atoms with Crippen molar-refractivity contribution < 1.29 is 4.79 Å². The van der Waals surface area contributed by atoms with E-state index in [4.69, 9.17) is 5.73 Å². The van der Waals surface area contributed by atoms with Gasteiger partial charge in [-0.25, -0.2) is 0 Å². The number of amides is 1. The number of aromatic nitrogens is 2. The highest BCUT2D eigenvalue weighted by Crippen LogP contribution is 2.19. The zero-order valence-electron chi connectivity index (χ0n) is 12.1. The van der Waals surface area contributed by atoms with Gasteiger partial charge in [0.1, 0.15) is 6.04 Å². The highest BCUT2D eigenvalue weighted by Gasteiger charge is 2.22. The van der Waals surface area contributed by atoms with Crippen molar-refractivity contribution in [2.45, 2.75) is 19.4 Å². The van der Waals surface area contributed by atoms with Crippen molar-refractivity contribution >= 4 is 11.6 Å². The van der Waals surface area contributed by atoms with Crippen LogP contribution in [0.5, 0.6) is 0 Å². The number of benzene rings is 1. The monoisotopic (exact) mass is 272 g/mol. The van der Waals surface area contributed by atoms with Crippen molar-refractivity contribution in [1.82, 2.24) is 9.78 Å². The average molecular weight is 272 g/mol. The van der Waals surface area contributed by atoms with Crippen LogP contribution in [0, 0.1) is 0 Å². The Bertz CT molecular complexity index is 588. The van der Waals surface area contributed by atoms with E-state index < -0.39 is 6.04 Å². The molecule has 0 bridgehead atoms. The summed E-state index contributed by atoms with van der Waals surface area (Å²) in [6.45, 7) is 2.10. The van der Waals surface area contributed by atoms with Gasteiger partial charge in [0.25, 0.3) is 0 Å². The number of nitrogens with zero attached hydrogens (tertiary/aromatic N) is 3. The van der Waals surface area contributed by atoms with Crippen molar-refractivity contribution in [2.24, 2.45) is 12.8 Å². The van der Waals surface area contributed by atoms with E-state index >= 15 is 0 Å². The first-order valence-electron chi connectivity index (χ1n) is 6.63. The molecule has 5 heteroatoms. The van der Waals surface area contributed by atoms with E-state index in [0.717, 1.165) is 17.7 Å². The van der Waals surface area contributed by atoms with Crippen LogP contribution < -0.4 is 10.6 Å². The highest BCUT2D eigenvalue weighted by atomic mass is 16.2. The molecule has 0 radical (unpaired) electrons. The van der Waals surface area contributed by atoms with E-state index in [2.05, 4.69) is 12.0 Å². The molecule has 106 valence electrons. The summed E-state index contributed by atoms with van der Waals surface area (Å²) in [7, 11) is 3.54. The second kappa shape index (κ2) is 5.88. The van der Waals surface area contributed by atoms with Gasteiger partial charge in [-0.05, 0) is 24.1 Å². The molecule has 1 aromatic heterocycles. The standard InChI is InChI=1S/C15H20N4O/c1-4-11-5-7-13(8-6-11)19(3)15(20)14(16)12-9-17-18(2)10-12/h5-10,14H,4,16H2,1-3H3. The number of aryl methyl sites for hydroxylation is 2. The molecule has 1 aromatic carbocycles. The highest BCUT2D eigenvalue weighted by molar-refractivity contribution is 5.97. The minimum Gasteiger partial charge on any atom is -0.316 e. The molecule has 0 aliphatic heterocycles. The van der Waals surface area contributed by atoms with E-state index in [1.54, 1.807) is 36.1 Å². The third-order valence-corrected chi connectivity index (χ3v) is 3.41. The van der Waals surface area contributed by atoms with Gasteiger partial charge in [0, 0.05) is 31.5 Å². The molecule has 1 atom stereocenters. The van der Waals surface area contributed by atoms with Crippen molar-refractivity contribution in [3.8, 4) is 0 Å². The van der Waals surface area contributed by atoms with Gasteiger partial charge < -0.3 is 10.6 Å². The summed E-state index contributed by atoms with van der Waals surface area (Å²) in [6, 6.07) is 7.22. The summed E-state index contributed by atoms with van der Waals surface area (Å²) in [5.74, 6) is -0.151. The fraction of sp³-hybridized carbons (Fsp3) is 0.333. The molecule has 0 spiro atoms. The summed E-state index contributed by atoms with van der Waals surface area (Å²) in [4.78, 5) is 14.0. The molecule has 1 heterocycles. The van der Waals surface area contributed by atoms with Crippen LogP contribution in [0.2, 0.25) is 0 Å². The van der Waals surface area contributed by atoms with E-state index in [9.17, 15) is 4.79 Å². The van der Waals surface area contributed by atoms with E-state index in [-0.39, 0.29) is 5.91 Å². The third-order valence-electron chi connectivity index (χ3n) is 3.41. The van der Waals surface area contributed by atoms with Crippen molar-refractivity contribution in [3.05, 3.63) is 47.8 Å². The molecule has 2 rings (SSSR count). The summed E-state index contributed by atoms with van der Waals surface area (Å²) in [5.41, 5.74) is 8.80. The van der Waals surface area contributed by atoms with E-state index in [1.807, 2.05) is 24.3 Å². The number of carbonyl (C=O) groups is 1. The molecule has 1 amide bonds. The van der Waals surface area contributed by atoms with Gasteiger partial charge in [-0.2, -0.15) is 5.10 Å². The van der Waals surface area contributed by atoms with Crippen LogP contribution in [0.4, 0.5) is 5.69 Å². The number of hydrogen-bond donors (Lipinski definition) is 1. The molecule has 5 nitrogen and oxygen atoms in total. The number of anilines is 1. The van der Waals surface area contributed by atoms with Gasteiger partial charge in [-0.1, -0.05) is 19.1 Å². The summed E-state index contributed by atoms with van der Waals surface area (Å²) in [5, 5.41) is 4.04. The fourth-order valence-electron chi connectivity index (χ4n) is 2.03. The zero-order chi connectivity index (χ0) is 14.7. The molecule has 2 N–H and O–H groups in total. The molecule has 2 aromatic rings. The van der Waals surface area contributed by atoms with Crippen molar-refractivity contribution in [2.75, 3.05) is 11.9 Å². The van der Waals surface area contributed by atoms with E-state index in [1.165, 1.54) is 5.56 Å². The lowest BCUT2D eigenvalue weighted by molar-refractivity contribution is -0.119. The largest absolute Gasteiger partial charge is 0.316 e. The van der Waals surface area contributed by atoms with Gasteiger partial charge in [-0.15, -0.1) is 0 Å². The SMILES string of the molecule is CCc1ccc(N(C)C(=O)C(N)c2cnn(C)c2)cc1. The Kier molecular flexibility index (Phi) is 4.20. The summed E-state index contributed by atoms with van der Waals surface area (Å²) < 4.78 is 1.64. The van der Waals surface area contributed by atoms with Crippen LogP contribution in [0.15, 0.2) is 36.7 Å². The second-order valence-electron chi connectivity index (χ2n) is 4.84. The van der Waals surface area contributed by atoms with Crippen LogP contribution >= 0.6 is 0 Å². The van der Waals surface area contributed by atoms with Gasteiger partial charge in [0.05, 0.1) is 6.20 Å². The normalized spacial score (nSPS) is 12.2. The predicted molar refractivity (Wildman–Crippen MR) is 79.4 cm³/mol. The molecule has 1 unspecified atom stereocenters. The van der Waals surface area contributed by atoms with Crippen molar-refractivity contribution in [1.29, 1.82) is 0 Å². The minimum atomic E-state index is -0.695. The lowest BCUT2D eigenvalue weighted by Gasteiger charge is -2.21. The summed E-state index contributed by atoms with van der Waals surface area (Å²) >= 11 is 0. The molecule has 0 aliphatic rings. The van der Waals surface area contributed by atoms with Crippen LogP contribution in [-0.2, 0) is 18.3 Å². The van der Waals surface area contributed by atoms with Crippen LogP contribution in [0.3, 0.4) is 0 Å². The Balaban J connectivity index is 2.14. The number of likely N-dealkylation sites (N-methyl/N-ethyl adjacent to an activating group) is 1. The maximum atomic E-state index is 12.4. The second-order valence-corrected chi connectivity index (χ2v) is 4.84. The van der Waals surface area contributed by atoms with Crippen LogP contribution in [0.1, 0.15) is 24.1 Å². The lowest BCUT2D eigenvalue weighted by atomic mass is 10.1. The first-order chi connectivity index (χ1) is 9.52. The van der Waals surface area contributed by atoms with Gasteiger partial charge in [0.15, 0.2) is 0 Å². The average Bonchev–Trinajstić information content (AvgIpc) is 2.91. The smallest absolute Gasteiger partial charge is 0.248 e. The number of nitrogens with two attached hydrogens (primary N) is 1. The van der Waals surface area contributed by atoms with Gasteiger partial charge in [0.2, 0.25) is 5.91 Å². The number of rotatable bonds is 4. The minimum absolute atomic E-state index is 0.151. The van der Waals surface area contributed by atoms with Gasteiger partial charge in [-0.3, -0.25) is 9.48 Å². The molecule has 0 saturated carbocycles. The molecule has 0 fully saturated rings. The zero-order valence-corrected chi connectivity index (χ0v) is 12.1. The number of carbonyl (C=O) groups excluding carboxylic acids is 1.